The molecule has 0 spiro atoms. The Morgan fingerprint density at radius 1 is 1.39 bits per heavy atom. The first-order chi connectivity index (χ1) is 8.60. The summed E-state index contributed by atoms with van der Waals surface area (Å²) in [6.07, 6.45) is 1.94. The first-order valence-electron chi connectivity index (χ1n) is 6.35. The molecule has 0 aliphatic heterocycles. The number of carbonyl (C=O) groups excluding carboxylic acids is 1. The highest BCUT2D eigenvalue weighted by atomic mass is 19.1. The number of aryl methyl sites for hydroxylation is 1. The van der Waals surface area contributed by atoms with E-state index in [-0.39, 0.29) is 11.7 Å². The van der Waals surface area contributed by atoms with Crippen LogP contribution in [0.15, 0.2) is 18.2 Å². The molecule has 0 unspecified atom stereocenters. The Morgan fingerprint density at radius 3 is 2.67 bits per heavy atom. The number of rotatable bonds is 6. The van der Waals surface area contributed by atoms with E-state index in [1.165, 1.54) is 6.07 Å². The van der Waals surface area contributed by atoms with Crippen molar-refractivity contribution in [1.82, 2.24) is 4.90 Å². The van der Waals surface area contributed by atoms with E-state index in [0.29, 0.717) is 30.8 Å². The van der Waals surface area contributed by atoms with E-state index in [4.69, 9.17) is 5.73 Å². The zero-order valence-corrected chi connectivity index (χ0v) is 11.1. The Bertz CT molecular complexity index is 407. The Labute approximate surface area is 108 Å². The van der Waals surface area contributed by atoms with Crippen molar-refractivity contribution in [2.24, 2.45) is 5.73 Å². The van der Waals surface area contributed by atoms with E-state index in [0.717, 1.165) is 12.8 Å². The lowest BCUT2D eigenvalue weighted by molar-refractivity contribution is 0.0757. The van der Waals surface area contributed by atoms with Gasteiger partial charge in [0.05, 0.1) is 0 Å². The minimum absolute atomic E-state index is 0.146. The minimum Gasteiger partial charge on any atom is -0.337 e. The van der Waals surface area contributed by atoms with Crippen molar-refractivity contribution in [2.45, 2.75) is 26.7 Å². The number of unbranched alkanes of at least 4 members (excludes halogenated alkanes) is 1. The van der Waals surface area contributed by atoms with Crippen molar-refractivity contribution in [2.75, 3.05) is 19.6 Å². The number of hydrogen-bond donors (Lipinski definition) is 1. The van der Waals surface area contributed by atoms with Crippen LogP contribution in [0.2, 0.25) is 0 Å². The maximum Gasteiger partial charge on any atom is 0.254 e. The van der Waals surface area contributed by atoms with Crippen LogP contribution < -0.4 is 5.73 Å². The highest BCUT2D eigenvalue weighted by molar-refractivity contribution is 5.94. The van der Waals surface area contributed by atoms with Crippen LogP contribution in [0.3, 0.4) is 0 Å². The summed E-state index contributed by atoms with van der Waals surface area (Å²) in [5.41, 5.74) is 6.44. The number of halogens is 1. The average molecular weight is 252 g/mol. The molecule has 1 amide bonds. The lowest BCUT2D eigenvalue weighted by atomic mass is 10.1. The van der Waals surface area contributed by atoms with Gasteiger partial charge in [0, 0.05) is 25.2 Å². The average Bonchev–Trinajstić information content (AvgIpc) is 2.37. The molecule has 100 valence electrons. The fraction of sp³-hybridized carbons (Fsp3) is 0.500. The minimum atomic E-state index is -0.343. The second-order valence-corrected chi connectivity index (χ2v) is 4.40. The van der Waals surface area contributed by atoms with E-state index >= 15 is 0 Å². The van der Waals surface area contributed by atoms with Crippen molar-refractivity contribution < 1.29 is 9.18 Å². The predicted molar refractivity (Wildman–Crippen MR) is 71.0 cm³/mol. The van der Waals surface area contributed by atoms with Crippen molar-refractivity contribution in [1.29, 1.82) is 0 Å². The summed E-state index contributed by atoms with van der Waals surface area (Å²) in [4.78, 5) is 13.9. The highest BCUT2D eigenvalue weighted by Crippen LogP contribution is 2.12. The van der Waals surface area contributed by atoms with Gasteiger partial charge in [-0.2, -0.15) is 0 Å². The Balaban J connectivity index is 2.83. The van der Waals surface area contributed by atoms with Gasteiger partial charge in [-0.15, -0.1) is 0 Å². The van der Waals surface area contributed by atoms with Crippen LogP contribution in [0, 0.1) is 12.7 Å². The van der Waals surface area contributed by atoms with Gasteiger partial charge in [-0.25, -0.2) is 4.39 Å². The van der Waals surface area contributed by atoms with Crippen LogP contribution in [0.25, 0.3) is 0 Å². The first-order valence-corrected chi connectivity index (χ1v) is 6.35. The van der Waals surface area contributed by atoms with Crippen LogP contribution in [-0.4, -0.2) is 30.4 Å². The molecule has 0 aliphatic carbocycles. The number of nitrogens with zero attached hydrogens (tertiary/aromatic N) is 1. The van der Waals surface area contributed by atoms with Crippen molar-refractivity contribution in [3.8, 4) is 0 Å². The topological polar surface area (TPSA) is 46.3 Å². The van der Waals surface area contributed by atoms with Gasteiger partial charge in [-0.1, -0.05) is 19.4 Å². The number of nitrogens with two attached hydrogens (primary N) is 1. The number of hydrogen-bond acceptors (Lipinski definition) is 2. The molecule has 0 saturated carbocycles. The second kappa shape index (κ2) is 7.11. The van der Waals surface area contributed by atoms with E-state index in [1.54, 1.807) is 24.0 Å². The molecule has 0 saturated heterocycles. The molecule has 0 heterocycles. The molecular weight excluding hydrogens is 231 g/mol. The van der Waals surface area contributed by atoms with Crippen LogP contribution in [0.5, 0.6) is 0 Å². The molecule has 0 bridgehead atoms. The molecule has 0 aromatic heterocycles. The lowest BCUT2D eigenvalue weighted by Crippen LogP contribution is -2.36. The van der Waals surface area contributed by atoms with Gasteiger partial charge in [0.2, 0.25) is 0 Å². The maximum atomic E-state index is 13.4. The lowest BCUT2D eigenvalue weighted by Gasteiger charge is -2.22. The van der Waals surface area contributed by atoms with E-state index in [1.807, 2.05) is 0 Å². The zero-order valence-electron chi connectivity index (χ0n) is 11.1. The van der Waals surface area contributed by atoms with Crippen LogP contribution in [0.1, 0.15) is 35.7 Å². The fourth-order valence-electron chi connectivity index (χ4n) is 1.73. The second-order valence-electron chi connectivity index (χ2n) is 4.40. The Hall–Kier alpha value is -1.42. The van der Waals surface area contributed by atoms with E-state index < -0.39 is 0 Å². The van der Waals surface area contributed by atoms with E-state index in [2.05, 4.69) is 6.92 Å². The number of amides is 1. The Kier molecular flexibility index (Phi) is 5.78. The van der Waals surface area contributed by atoms with Gasteiger partial charge in [-0.3, -0.25) is 4.79 Å². The molecule has 1 aromatic carbocycles. The molecular formula is C14H21FN2O. The molecule has 0 atom stereocenters. The van der Waals surface area contributed by atoms with Gasteiger partial charge in [0.15, 0.2) is 0 Å². The zero-order chi connectivity index (χ0) is 13.5. The molecule has 0 aliphatic rings. The fourth-order valence-corrected chi connectivity index (χ4v) is 1.73. The van der Waals surface area contributed by atoms with Gasteiger partial charge < -0.3 is 10.6 Å². The molecule has 2 N–H and O–H groups in total. The summed E-state index contributed by atoms with van der Waals surface area (Å²) in [6.45, 7) is 5.34. The highest BCUT2D eigenvalue weighted by Gasteiger charge is 2.15. The third-order valence-corrected chi connectivity index (χ3v) is 2.89. The van der Waals surface area contributed by atoms with Crippen molar-refractivity contribution >= 4 is 5.91 Å². The molecule has 1 aromatic rings. The van der Waals surface area contributed by atoms with Crippen LogP contribution in [0.4, 0.5) is 4.39 Å². The van der Waals surface area contributed by atoms with Crippen molar-refractivity contribution in [3.05, 3.63) is 35.1 Å². The molecule has 3 nitrogen and oxygen atoms in total. The summed E-state index contributed by atoms with van der Waals surface area (Å²) in [5.74, 6) is -0.489. The summed E-state index contributed by atoms with van der Waals surface area (Å²) < 4.78 is 13.4. The summed E-state index contributed by atoms with van der Waals surface area (Å²) in [7, 11) is 0. The summed E-state index contributed by atoms with van der Waals surface area (Å²) in [5, 5.41) is 0. The van der Waals surface area contributed by atoms with Crippen LogP contribution in [-0.2, 0) is 0 Å². The standard InChI is InChI=1S/C14H21FN2O/c1-3-4-8-17(9-7-16)14(18)12-6-5-11(2)13(15)10-12/h5-6,10H,3-4,7-9,16H2,1-2H3. The summed E-state index contributed by atoms with van der Waals surface area (Å²) >= 11 is 0. The van der Waals surface area contributed by atoms with Gasteiger partial charge in [0.1, 0.15) is 5.82 Å². The number of benzene rings is 1. The summed E-state index contributed by atoms with van der Waals surface area (Å²) in [6, 6.07) is 4.59. The molecule has 18 heavy (non-hydrogen) atoms. The quantitative estimate of drug-likeness (QED) is 0.844. The van der Waals surface area contributed by atoms with Gasteiger partial charge >= 0.3 is 0 Å². The SMILES string of the molecule is CCCCN(CCN)C(=O)c1ccc(C)c(F)c1. The van der Waals surface area contributed by atoms with E-state index in [9.17, 15) is 9.18 Å². The normalized spacial score (nSPS) is 10.4. The van der Waals surface area contributed by atoms with Crippen molar-refractivity contribution in [3.63, 3.8) is 0 Å². The molecule has 4 heteroatoms. The van der Waals surface area contributed by atoms with Crippen LogP contribution >= 0.6 is 0 Å². The Morgan fingerprint density at radius 2 is 2.11 bits per heavy atom. The molecule has 0 radical (unpaired) electrons. The third kappa shape index (κ3) is 3.81. The third-order valence-electron chi connectivity index (χ3n) is 2.89. The smallest absolute Gasteiger partial charge is 0.254 e. The molecule has 1 rings (SSSR count). The van der Waals surface area contributed by atoms with Gasteiger partial charge in [-0.05, 0) is 31.0 Å². The van der Waals surface area contributed by atoms with Gasteiger partial charge in [0.25, 0.3) is 5.91 Å². The monoisotopic (exact) mass is 252 g/mol. The predicted octanol–water partition coefficient (Wildman–Crippen LogP) is 2.34. The maximum absolute atomic E-state index is 13.4. The molecule has 0 fully saturated rings. The first kappa shape index (κ1) is 14.6. The number of carbonyl (C=O) groups is 1. The largest absolute Gasteiger partial charge is 0.337 e.